The van der Waals surface area contributed by atoms with Crippen molar-refractivity contribution in [1.29, 1.82) is 0 Å². The first-order valence-electron chi connectivity index (χ1n) is 10.5. The third kappa shape index (κ3) is 4.89. The molecule has 0 spiro atoms. The molecule has 0 bridgehead atoms. The summed E-state index contributed by atoms with van der Waals surface area (Å²) in [7, 11) is 0.318. The van der Waals surface area contributed by atoms with Crippen LogP contribution >= 0.6 is 22.9 Å². The van der Waals surface area contributed by atoms with E-state index in [0.29, 0.717) is 32.2 Å². The van der Waals surface area contributed by atoms with Crippen LogP contribution in [0.4, 0.5) is 5.95 Å². The number of benzene rings is 1. The number of aryl methyl sites for hydroxylation is 1. The fourth-order valence-electron chi connectivity index (χ4n) is 3.59. The summed E-state index contributed by atoms with van der Waals surface area (Å²) in [5.74, 6) is 0.988. The minimum Gasteiger partial charge on any atom is -0.494 e. The van der Waals surface area contributed by atoms with Crippen LogP contribution in [0.5, 0.6) is 11.5 Å². The lowest BCUT2D eigenvalue weighted by Crippen LogP contribution is -2.32. The van der Waals surface area contributed by atoms with E-state index in [1.54, 1.807) is 24.3 Å². The molecule has 2 N–H and O–H groups in total. The topological polar surface area (TPSA) is 146 Å². The van der Waals surface area contributed by atoms with Crippen molar-refractivity contribution in [3.8, 4) is 28.7 Å². The number of nitrogens with one attached hydrogen (secondary N) is 2. The summed E-state index contributed by atoms with van der Waals surface area (Å²) in [6.45, 7) is 3.34. The van der Waals surface area contributed by atoms with E-state index in [0.717, 1.165) is 17.0 Å². The van der Waals surface area contributed by atoms with Crippen molar-refractivity contribution in [3.05, 3.63) is 45.5 Å². The van der Waals surface area contributed by atoms with Gasteiger partial charge in [-0.05, 0) is 32.0 Å². The summed E-state index contributed by atoms with van der Waals surface area (Å²) in [4.78, 5) is 4.18. The fourth-order valence-corrected chi connectivity index (χ4v) is 5.92. The minimum atomic E-state index is -4.08. The lowest BCUT2D eigenvalue weighted by atomic mass is 10.2. The van der Waals surface area contributed by atoms with Gasteiger partial charge in [0.2, 0.25) is 16.0 Å². The summed E-state index contributed by atoms with van der Waals surface area (Å²) in [5.41, 5.74) is 1.62. The molecule has 1 aromatic carbocycles. The van der Waals surface area contributed by atoms with Gasteiger partial charge in [0.15, 0.2) is 5.82 Å². The van der Waals surface area contributed by atoms with Crippen LogP contribution in [-0.2, 0) is 14.8 Å². The molecule has 0 aliphatic carbocycles. The normalized spacial score (nSPS) is 13.4. The Kier molecular flexibility index (Phi) is 7.49. The molecule has 4 aromatic rings. The number of para-hydroxylation sites is 1. The second-order valence-corrected chi connectivity index (χ2v) is 11.4. The Morgan fingerprint density at radius 1 is 1.17 bits per heavy atom. The maximum atomic E-state index is 13.5. The van der Waals surface area contributed by atoms with Crippen LogP contribution in [0.15, 0.2) is 30.5 Å². The number of hydrogen-bond donors (Lipinski definition) is 2. The lowest BCUT2D eigenvalue weighted by molar-refractivity contribution is 0.102. The van der Waals surface area contributed by atoms with Crippen molar-refractivity contribution in [3.63, 3.8) is 0 Å². The fraction of sp³-hybridized carbons (Fsp3) is 0.333. The Hall–Kier alpha value is -3.20. The van der Waals surface area contributed by atoms with Gasteiger partial charge in [-0.25, -0.2) is 13.4 Å². The van der Waals surface area contributed by atoms with E-state index in [1.165, 1.54) is 39.0 Å². The molecule has 0 fully saturated rings. The zero-order valence-corrected chi connectivity index (χ0v) is 22.4. The van der Waals surface area contributed by atoms with Gasteiger partial charge in [0.05, 0.1) is 20.4 Å². The number of aromatic amines is 1. The number of sulfonamides is 1. The predicted molar refractivity (Wildman–Crippen MR) is 136 cm³/mol. The van der Waals surface area contributed by atoms with Gasteiger partial charge < -0.3 is 14.2 Å². The average molecular weight is 554 g/mol. The van der Waals surface area contributed by atoms with E-state index in [1.807, 2.05) is 6.92 Å². The third-order valence-corrected chi connectivity index (χ3v) is 8.24. The van der Waals surface area contributed by atoms with Gasteiger partial charge in [-0.15, -0.1) is 21.5 Å². The Bertz CT molecular complexity index is 1440. The molecular weight excluding hydrogens is 530 g/mol. The maximum Gasteiger partial charge on any atom is 0.243 e. The van der Waals surface area contributed by atoms with Crippen LogP contribution in [0.2, 0.25) is 4.34 Å². The number of thiazole rings is 1. The molecular formula is C21H24ClN7O5S2. The minimum absolute atomic E-state index is 0.0904. The molecule has 0 aliphatic heterocycles. The Labute approximate surface area is 216 Å². The molecule has 0 unspecified atom stereocenters. The molecule has 0 radical (unpaired) electrons. The van der Waals surface area contributed by atoms with Gasteiger partial charge in [0, 0.05) is 12.8 Å². The highest BCUT2D eigenvalue weighted by Crippen LogP contribution is 2.38. The van der Waals surface area contributed by atoms with Crippen LogP contribution < -0.4 is 14.2 Å². The quantitative estimate of drug-likeness (QED) is 0.300. The number of hydrogen-bond acceptors (Lipinski definition) is 10. The molecule has 0 amide bonds. The molecule has 0 aliphatic rings. The molecule has 12 nitrogen and oxygen atoms in total. The molecule has 0 saturated carbocycles. The number of H-pyrrole nitrogens is 1. The van der Waals surface area contributed by atoms with Gasteiger partial charge in [0.25, 0.3) is 0 Å². The van der Waals surface area contributed by atoms with Crippen molar-refractivity contribution < 1.29 is 22.6 Å². The summed E-state index contributed by atoms with van der Waals surface area (Å²) in [6.07, 6.45) is 0.578. The van der Waals surface area contributed by atoms with Crippen LogP contribution in [-0.4, -0.2) is 64.9 Å². The van der Waals surface area contributed by atoms with E-state index < -0.39 is 21.4 Å². The van der Waals surface area contributed by atoms with Gasteiger partial charge >= 0.3 is 0 Å². The second kappa shape index (κ2) is 10.4. The first-order chi connectivity index (χ1) is 17.2. The van der Waals surface area contributed by atoms with Crippen molar-refractivity contribution in [1.82, 2.24) is 29.9 Å². The summed E-state index contributed by atoms with van der Waals surface area (Å²) >= 11 is 7.14. The number of anilines is 1. The summed E-state index contributed by atoms with van der Waals surface area (Å²) < 4.78 is 48.1. The Morgan fingerprint density at radius 2 is 1.86 bits per heavy atom. The average Bonchev–Trinajstić information content (AvgIpc) is 3.58. The first kappa shape index (κ1) is 25.9. The van der Waals surface area contributed by atoms with Gasteiger partial charge in [0.1, 0.15) is 43.6 Å². The number of nitrogens with zero attached hydrogens (tertiary/aromatic N) is 5. The van der Waals surface area contributed by atoms with E-state index in [2.05, 4.69) is 30.1 Å². The maximum absolute atomic E-state index is 13.5. The van der Waals surface area contributed by atoms with Crippen molar-refractivity contribution in [2.24, 2.45) is 0 Å². The SMILES string of the molecule is COc1cccc(OC)c1-n1c(NS(=O)(=O)[C@@H](C)[C@H](OC)c2ncc(Cl)s2)nnc1-c1cc(C)[nH]n1. The van der Waals surface area contributed by atoms with Crippen LogP contribution in [0.1, 0.15) is 23.7 Å². The highest BCUT2D eigenvalue weighted by molar-refractivity contribution is 7.93. The second-order valence-electron chi connectivity index (χ2n) is 7.64. The van der Waals surface area contributed by atoms with E-state index in [-0.39, 0.29) is 11.8 Å². The molecule has 4 rings (SSSR count). The standard InChI is InChI=1S/C21H24ClN7O5S2/c1-11-9-13(25-24-11)19-26-27-21(29(19)17-14(32-3)7-6-8-15(17)33-4)28-36(30,31)12(2)18(34-5)20-23-10-16(22)35-20/h6-10,12,18H,1-5H3,(H,24,25)(H,27,28)/t12-,18-/m0/s1. The molecule has 2 atom stereocenters. The number of rotatable bonds is 10. The van der Waals surface area contributed by atoms with E-state index in [4.69, 9.17) is 25.8 Å². The zero-order chi connectivity index (χ0) is 26.0. The Balaban J connectivity index is 1.83. The van der Waals surface area contributed by atoms with Crippen molar-refractivity contribution in [2.75, 3.05) is 26.1 Å². The Morgan fingerprint density at radius 3 is 2.39 bits per heavy atom. The van der Waals surface area contributed by atoms with Crippen LogP contribution in [0.3, 0.4) is 0 Å². The summed E-state index contributed by atoms with van der Waals surface area (Å²) in [5, 5.41) is 14.9. The number of aromatic nitrogens is 6. The van der Waals surface area contributed by atoms with Crippen LogP contribution in [0.25, 0.3) is 17.2 Å². The van der Waals surface area contributed by atoms with Gasteiger partial charge in [-0.3, -0.25) is 14.4 Å². The van der Waals surface area contributed by atoms with E-state index in [9.17, 15) is 8.42 Å². The predicted octanol–water partition coefficient (Wildman–Crippen LogP) is 3.61. The number of ether oxygens (including phenoxy) is 3. The third-order valence-electron chi connectivity index (χ3n) is 5.37. The van der Waals surface area contributed by atoms with Crippen molar-refractivity contribution >= 4 is 38.9 Å². The lowest BCUT2D eigenvalue weighted by Gasteiger charge is -2.22. The van der Waals surface area contributed by atoms with Gasteiger partial charge in [-0.1, -0.05) is 17.7 Å². The van der Waals surface area contributed by atoms with E-state index >= 15 is 0 Å². The van der Waals surface area contributed by atoms with Crippen LogP contribution in [0, 0.1) is 6.92 Å². The monoisotopic (exact) mass is 553 g/mol. The molecule has 15 heteroatoms. The molecule has 192 valence electrons. The number of methoxy groups -OCH3 is 3. The zero-order valence-electron chi connectivity index (χ0n) is 20.0. The molecule has 3 aromatic heterocycles. The molecule has 36 heavy (non-hydrogen) atoms. The number of halogens is 1. The smallest absolute Gasteiger partial charge is 0.243 e. The molecule has 3 heterocycles. The largest absolute Gasteiger partial charge is 0.494 e. The van der Waals surface area contributed by atoms with Crippen molar-refractivity contribution in [2.45, 2.75) is 25.2 Å². The highest BCUT2D eigenvalue weighted by Gasteiger charge is 2.35. The highest BCUT2D eigenvalue weighted by atomic mass is 35.5. The van der Waals surface area contributed by atoms with Gasteiger partial charge in [-0.2, -0.15) is 5.10 Å². The summed E-state index contributed by atoms with van der Waals surface area (Å²) in [6, 6.07) is 6.94. The first-order valence-corrected chi connectivity index (χ1v) is 13.3. The molecule has 0 saturated heterocycles.